The highest BCUT2D eigenvalue weighted by molar-refractivity contribution is 7.99. The SMILES string of the molecule is COc1ccc(NC(=O)CCC(=O)OCCCCCCSc2ccc([N+](=O)[O-])c3nonc23)cc1. The second-order valence-electron chi connectivity index (χ2n) is 7.56. The van der Waals surface area contributed by atoms with Crippen LogP contribution in [0.5, 0.6) is 5.75 Å². The fraction of sp³-hybridized carbons (Fsp3) is 0.391. The Morgan fingerprint density at radius 2 is 1.77 bits per heavy atom. The van der Waals surface area contributed by atoms with Gasteiger partial charge in [-0.1, -0.05) is 12.8 Å². The van der Waals surface area contributed by atoms with Gasteiger partial charge in [0.2, 0.25) is 11.4 Å². The summed E-state index contributed by atoms with van der Waals surface area (Å²) < 4.78 is 14.9. The third-order valence-electron chi connectivity index (χ3n) is 5.04. The number of non-ortho nitro benzene ring substituents is 1. The topological polar surface area (TPSA) is 147 Å². The quantitative estimate of drug-likeness (QED) is 0.108. The van der Waals surface area contributed by atoms with E-state index in [-0.39, 0.29) is 30.0 Å². The Morgan fingerprint density at radius 1 is 1.03 bits per heavy atom. The van der Waals surface area contributed by atoms with Crippen LogP contribution in [0.2, 0.25) is 0 Å². The number of methoxy groups -OCH3 is 1. The van der Waals surface area contributed by atoms with E-state index < -0.39 is 10.9 Å². The summed E-state index contributed by atoms with van der Waals surface area (Å²) in [6, 6.07) is 10.0. The van der Waals surface area contributed by atoms with Crippen LogP contribution in [-0.2, 0) is 14.3 Å². The number of rotatable bonds is 14. The molecular weight excluding hydrogens is 476 g/mol. The largest absolute Gasteiger partial charge is 0.497 e. The molecule has 0 radical (unpaired) electrons. The van der Waals surface area contributed by atoms with E-state index >= 15 is 0 Å². The molecule has 12 heteroatoms. The molecule has 11 nitrogen and oxygen atoms in total. The number of nitro groups is 1. The van der Waals surface area contributed by atoms with Gasteiger partial charge in [-0.05, 0) is 59.2 Å². The highest BCUT2D eigenvalue weighted by Gasteiger charge is 2.19. The zero-order valence-corrected chi connectivity index (χ0v) is 20.0. The lowest BCUT2D eigenvalue weighted by molar-refractivity contribution is -0.383. The second kappa shape index (κ2) is 13.3. The summed E-state index contributed by atoms with van der Waals surface area (Å²) in [4.78, 5) is 35.1. The first-order valence-corrected chi connectivity index (χ1v) is 12.1. The first-order valence-electron chi connectivity index (χ1n) is 11.1. The number of benzene rings is 2. The Labute approximate surface area is 205 Å². The number of hydrogen-bond donors (Lipinski definition) is 1. The van der Waals surface area contributed by atoms with Crippen LogP contribution < -0.4 is 10.1 Å². The number of thioether (sulfide) groups is 1. The predicted molar refractivity (Wildman–Crippen MR) is 129 cm³/mol. The summed E-state index contributed by atoms with van der Waals surface area (Å²) in [6.07, 6.45) is 3.59. The number of nitrogens with one attached hydrogen (secondary N) is 1. The van der Waals surface area contributed by atoms with Crippen molar-refractivity contribution in [1.82, 2.24) is 10.3 Å². The molecule has 0 saturated heterocycles. The van der Waals surface area contributed by atoms with Gasteiger partial charge in [-0.3, -0.25) is 19.7 Å². The molecular formula is C23H26N4O7S. The summed E-state index contributed by atoms with van der Waals surface area (Å²) in [5.74, 6) is 0.855. The standard InChI is InChI=1S/C23H26N4O7S/c1-32-17-8-6-16(7-9-17)24-20(28)12-13-21(29)33-14-4-2-3-5-15-35-19-11-10-18(27(30)31)22-23(19)26-34-25-22/h6-11H,2-5,12-15H2,1H3,(H,24,28). The second-order valence-corrected chi connectivity index (χ2v) is 8.70. The molecule has 0 atom stereocenters. The molecule has 0 bridgehead atoms. The van der Waals surface area contributed by atoms with Crippen LogP contribution in [0, 0.1) is 10.1 Å². The lowest BCUT2D eigenvalue weighted by Gasteiger charge is -2.07. The summed E-state index contributed by atoms with van der Waals surface area (Å²) in [6.45, 7) is 0.319. The molecule has 1 aromatic heterocycles. The van der Waals surface area contributed by atoms with Crippen LogP contribution in [0.3, 0.4) is 0 Å². The van der Waals surface area contributed by atoms with Crippen LogP contribution in [-0.4, -0.2) is 46.6 Å². The van der Waals surface area contributed by atoms with Crippen molar-refractivity contribution < 1.29 is 28.6 Å². The van der Waals surface area contributed by atoms with Crippen LogP contribution >= 0.6 is 11.8 Å². The van der Waals surface area contributed by atoms with E-state index in [1.165, 1.54) is 6.07 Å². The predicted octanol–water partition coefficient (Wildman–Crippen LogP) is 4.75. The summed E-state index contributed by atoms with van der Waals surface area (Å²) >= 11 is 1.54. The van der Waals surface area contributed by atoms with Crippen molar-refractivity contribution in [3.8, 4) is 5.75 Å². The average molecular weight is 503 g/mol. The number of nitrogens with zero attached hydrogens (tertiary/aromatic N) is 3. The molecule has 186 valence electrons. The van der Waals surface area contributed by atoms with Crippen molar-refractivity contribution in [1.29, 1.82) is 0 Å². The van der Waals surface area contributed by atoms with Crippen LogP contribution in [0.25, 0.3) is 11.0 Å². The molecule has 0 aliphatic rings. The molecule has 1 heterocycles. The van der Waals surface area contributed by atoms with Gasteiger partial charge in [0.1, 0.15) is 5.75 Å². The number of fused-ring (bicyclic) bond motifs is 1. The van der Waals surface area contributed by atoms with Gasteiger partial charge in [0.25, 0.3) is 0 Å². The van der Waals surface area contributed by atoms with Gasteiger partial charge in [0.05, 0.1) is 25.1 Å². The normalized spacial score (nSPS) is 10.8. The van der Waals surface area contributed by atoms with Crippen molar-refractivity contribution >= 4 is 46.0 Å². The molecule has 2 aromatic carbocycles. The monoisotopic (exact) mass is 502 g/mol. The first kappa shape index (κ1) is 25.9. The summed E-state index contributed by atoms with van der Waals surface area (Å²) in [5.41, 5.74) is 1.06. The highest BCUT2D eigenvalue weighted by atomic mass is 32.2. The van der Waals surface area contributed by atoms with E-state index in [9.17, 15) is 19.7 Å². The lowest BCUT2D eigenvalue weighted by atomic mass is 10.2. The number of carbonyl (C=O) groups excluding carboxylic acids is 2. The number of unbranched alkanes of at least 4 members (excludes halogenated alkanes) is 3. The number of anilines is 1. The van der Waals surface area contributed by atoms with Crippen LogP contribution in [0.1, 0.15) is 38.5 Å². The molecule has 1 amide bonds. The summed E-state index contributed by atoms with van der Waals surface area (Å²) in [7, 11) is 1.57. The number of hydrogen-bond acceptors (Lipinski definition) is 10. The highest BCUT2D eigenvalue weighted by Crippen LogP contribution is 2.32. The van der Waals surface area contributed by atoms with Gasteiger partial charge in [-0.15, -0.1) is 11.8 Å². The van der Waals surface area contributed by atoms with Gasteiger partial charge in [0, 0.05) is 23.1 Å². The third kappa shape index (κ3) is 7.95. The number of aromatic nitrogens is 2. The van der Waals surface area contributed by atoms with Crippen molar-refractivity contribution in [2.24, 2.45) is 0 Å². The molecule has 0 saturated carbocycles. The Balaban J connectivity index is 1.23. The van der Waals surface area contributed by atoms with E-state index in [4.69, 9.17) is 9.47 Å². The number of ether oxygens (including phenoxy) is 2. The Morgan fingerprint density at radius 3 is 2.51 bits per heavy atom. The fourth-order valence-electron chi connectivity index (χ4n) is 3.21. The molecule has 0 aliphatic carbocycles. The molecule has 1 N–H and O–H groups in total. The third-order valence-corrected chi connectivity index (χ3v) is 6.18. The fourth-order valence-corrected chi connectivity index (χ4v) is 4.21. The van der Waals surface area contributed by atoms with Gasteiger partial charge in [-0.2, -0.15) is 0 Å². The van der Waals surface area contributed by atoms with E-state index in [1.54, 1.807) is 49.2 Å². The number of esters is 1. The van der Waals surface area contributed by atoms with Gasteiger partial charge in [0.15, 0.2) is 5.52 Å². The molecule has 0 unspecified atom stereocenters. The molecule has 0 fully saturated rings. The zero-order valence-electron chi connectivity index (χ0n) is 19.2. The molecule has 0 spiro atoms. The van der Waals surface area contributed by atoms with E-state index in [0.29, 0.717) is 23.6 Å². The molecule has 3 aromatic rings. The maximum absolute atomic E-state index is 12.0. The van der Waals surface area contributed by atoms with E-state index in [1.807, 2.05) is 0 Å². The van der Waals surface area contributed by atoms with Crippen LogP contribution in [0.15, 0.2) is 45.9 Å². The minimum Gasteiger partial charge on any atom is -0.497 e. The van der Waals surface area contributed by atoms with Gasteiger partial charge in [-0.25, -0.2) is 4.63 Å². The van der Waals surface area contributed by atoms with Gasteiger partial charge >= 0.3 is 11.7 Å². The maximum Gasteiger partial charge on any atom is 0.306 e. The summed E-state index contributed by atoms with van der Waals surface area (Å²) in [5, 5.41) is 21.2. The number of nitro benzene ring substituents is 1. The lowest BCUT2D eigenvalue weighted by Crippen LogP contribution is -2.14. The zero-order chi connectivity index (χ0) is 25.0. The average Bonchev–Trinajstić information content (AvgIpc) is 3.35. The Bertz CT molecular complexity index is 1150. The smallest absolute Gasteiger partial charge is 0.306 e. The molecule has 0 aliphatic heterocycles. The Kier molecular flexibility index (Phi) is 9.84. The van der Waals surface area contributed by atoms with Crippen molar-refractivity contribution in [2.45, 2.75) is 43.4 Å². The minimum absolute atomic E-state index is 0.0270. The maximum atomic E-state index is 12.0. The van der Waals surface area contributed by atoms with Crippen molar-refractivity contribution in [2.75, 3.05) is 24.8 Å². The first-order chi connectivity index (χ1) is 17.0. The van der Waals surface area contributed by atoms with Gasteiger partial charge < -0.3 is 14.8 Å². The minimum atomic E-state index is -0.509. The molecule has 3 rings (SSSR count). The Hall–Kier alpha value is -3.67. The van der Waals surface area contributed by atoms with E-state index in [2.05, 4.69) is 20.3 Å². The van der Waals surface area contributed by atoms with Crippen molar-refractivity contribution in [3.63, 3.8) is 0 Å². The van der Waals surface area contributed by atoms with Crippen molar-refractivity contribution in [3.05, 3.63) is 46.5 Å². The molecule has 35 heavy (non-hydrogen) atoms. The van der Waals surface area contributed by atoms with Crippen LogP contribution in [0.4, 0.5) is 11.4 Å². The number of amides is 1. The number of carbonyl (C=O) groups is 2. The van der Waals surface area contributed by atoms with E-state index in [0.717, 1.165) is 36.3 Å².